The van der Waals surface area contributed by atoms with E-state index in [0.29, 0.717) is 11.9 Å². The number of likely N-dealkylation sites (tertiary alicyclic amines) is 1. The van der Waals surface area contributed by atoms with Crippen LogP contribution in [0.25, 0.3) is 0 Å². The zero-order valence-corrected chi connectivity index (χ0v) is 15.7. The number of carbonyl (C=O) groups excluding carboxylic acids is 1. The van der Waals surface area contributed by atoms with Crippen molar-refractivity contribution < 1.29 is 9.53 Å². The first-order chi connectivity index (χ1) is 11.3. The second kappa shape index (κ2) is 7.97. The summed E-state index contributed by atoms with van der Waals surface area (Å²) in [4.78, 5) is 20.6. The Kier molecular flexibility index (Phi) is 6.21. The van der Waals surface area contributed by atoms with Crippen LogP contribution >= 0.6 is 0 Å². The van der Waals surface area contributed by atoms with E-state index >= 15 is 0 Å². The summed E-state index contributed by atoms with van der Waals surface area (Å²) in [5.41, 5.74) is 0.734. The number of piperidine rings is 1. The topological polar surface area (TPSA) is 45.7 Å². The number of rotatable bonds is 4. The monoisotopic (exact) mass is 333 g/mol. The molecule has 0 aromatic carbocycles. The maximum absolute atomic E-state index is 12.1. The van der Waals surface area contributed by atoms with Crippen LogP contribution in [0.5, 0.6) is 0 Å². The fourth-order valence-corrected chi connectivity index (χ4v) is 3.14. The fraction of sp³-hybridized carbons (Fsp3) is 0.684. The molecule has 5 nitrogen and oxygen atoms in total. The van der Waals surface area contributed by atoms with E-state index in [1.54, 1.807) is 7.05 Å². The van der Waals surface area contributed by atoms with Crippen LogP contribution in [-0.4, -0.2) is 41.7 Å². The Bertz CT molecular complexity index is 535. The molecule has 0 bridgehead atoms. The van der Waals surface area contributed by atoms with Crippen molar-refractivity contribution in [3.05, 3.63) is 23.9 Å². The highest BCUT2D eigenvalue weighted by molar-refractivity contribution is 5.85. The summed E-state index contributed by atoms with van der Waals surface area (Å²) < 4.78 is 5.39. The van der Waals surface area contributed by atoms with Gasteiger partial charge in [0.1, 0.15) is 11.4 Å². The van der Waals surface area contributed by atoms with Crippen molar-refractivity contribution in [2.45, 2.75) is 65.0 Å². The Morgan fingerprint density at radius 3 is 2.71 bits per heavy atom. The van der Waals surface area contributed by atoms with E-state index in [1.807, 2.05) is 33.0 Å². The molecule has 1 aliphatic rings. The number of hydrogen-bond acceptors (Lipinski definition) is 4. The van der Waals surface area contributed by atoms with Gasteiger partial charge in [0.05, 0.1) is 0 Å². The molecule has 24 heavy (non-hydrogen) atoms. The van der Waals surface area contributed by atoms with Crippen molar-refractivity contribution in [3.8, 4) is 0 Å². The third-order valence-corrected chi connectivity index (χ3v) is 4.29. The number of anilines is 1. The van der Waals surface area contributed by atoms with Crippen LogP contribution in [-0.2, 0) is 4.74 Å². The molecule has 0 aliphatic carbocycles. The van der Waals surface area contributed by atoms with Gasteiger partial charge in [-0.25, -0.2) is 9.78 Å². The molecule has 0 radical (unpaired) electrons. The van der Waals surface area contributed by atoms with Gasteiger partial charge in [0.25, 0.3) is 0 Å². The molecule has 1 aliphatic heterocycles. The van der Waals surface area contributed by atoms with Crippen molar-refractivity contribution >= 4 is 11.9 Å². The first-order valence-corrected chi connectivity index (χ1v) is 8.98. The standard InChI is InChI=1S/C19H31N3O2/c1-6-12-22-13-8-7-9-16(22)15-10-11-17(20-14-15)21(5)18(23)24-19(2,3)4/h10-11,14,16H,6-9,12-13H2,1-5H3. The predicted molar refractivity (Wildman–Crippen MR) is 97.3 cm³/mol. The average molecular weight is 333 g/mol. The molecular formula is C19H31N3O2. The van der Waals surface area contributed by atoms with Gasteiger partial charge in [0, 0.05) is 19.3 Å². The SMILES string of the molecule is CCCN1CCCCC1c1ccc(N(C)C(=O)OC(C)(C)C)nc1. The molecule has 1 unspecified atom stereocenters. The minimum Gasteiger partial charge on any atom is -0.443 e. The number of hydrogen-bond donors (Lipinski definition) is 0. The summed E-state index contributed by atoms with van der Waals surface area (Å²) in [5, 5.41) is 0. The van der Waals surface area contributed by atoms with Gasteiger partial charge >= 0.3 is 6.09 Å². The summed E-state index contributed by atoms with van der Waals surface area (Å²) in [5.74, 6) is 0.617. The Balaban J connectivity index is 2.07. The second-order valence-corrected chi connectivity index (χ2v) is 7.54. The molecule has 0 saturated carbocycles. The van der Waals surface area contributed by atoms with E-state index in [2.05, 4.69) is 22.9 Å². The Morgan fingerprint density at radius 2 is 2.12 bits per heavy atom. The summed E-state index contributed by atoms with van der Waals surface area (Å²) >= 11 is 0. The third-order valence-electron chi connectivity index (χ3n) is 4.29. The second-order valence-electron chi connectivity index (χ2n) is 7.54. The number of carbonyl (C=O) groups is 1. The van der Waals surface area contributed by atoms with Gasteiger partial charge in [-0.2, -0.15) is 0 Å². The number of ether oxygens (including phenoxy) is 1. The Hall–Kier alpha value is -1.62. The number of nitrogens with zero attached hydrogens (tertiary/aromatic N) is 3. The lowest BCUT2D eigenvalue weighted by Gasteiger charge is -2.35. The first-order valence-electron chi connectivity index (χ1n) is 8.98. The van der Waals surface area contributed by atoms with Gasteiger partial charge in [0.2, 0.25) is 0 Å². The molecule has 2 rings (SSSR count). The predicted octanol–water partition coefficient (Wildman–Crippen LogP) is 4.39. The van der Waals surface area contributed by atoms with Crippen LogP contribution in [0.4, 0.5) is 10.6 Å². The van der Waals surface area contributed by atoms with Gasteiger partial charge in [-0.15, -0.1) is 0 Å². The van der Waals surface area contributed by atoms with E-state index in [-0.39, 0.29) is 6.09 Å². The zero-order chi connectivity index (χ0) is 17.7. The van der Waals surface area contributed by atoms with E-state index in [9.17, 15) is 4.79 Å². The van der Waals surface area contributed by atoms with Crippen LogP contribution in [0.15, 0.2) is 18.3 Å². The van der Waals surface area contributed by atoms with Crippen LogP contribution in [0.2, 0.25) is 0 Å². The molecule has 1 saturated heterocycles. The van der Waals surface area contributed by atoms with Crippen LogP contribution in [0.1, 0.15) is 65.0 Å². The van der Waals surface area contributed by atoms with E-state index < -0.39 is 5.60 Å². The Morgan fingerprint density at radius 1 is 1.38 bits per heavy atom. The summed E-state index contributed by atoms with van der Waals surface area (Å²) in [6.45, 7) is 10.1. The molecule has 1 aromatic rings. The number of aromatic nitrogens is 1. The van der Waals surface area contributed by atoms with Crippen molar-refractivity contribution in [2.24, 2.45) is 0 Å². The van der Waals surface area contributed by atoms with Gasteiger partial charge in [0.15, 0.2) is 0 Å². The van der Waals surface area contributed by atoms with Gasteiger partial charge in [-0.05, 0) is 64.8 Å². The van der Waals surface area contributed by atoms with E-state index in [1.165, 1.54) is 36.1 Å². The average Bonchev–Trinajstić information content (AvgIpc) is 2.54. The van der Waals surface area contributed by atoms with E-state index in [4.69, 9.17) is 4.74 Å². The normalized spacial score (nSPS) is 19.1. The third kappa shape index (κ3) is 4.94. The lowest BCUT2D eigenvalue weighted by Crippen LogP contribution is -2.35. The minimum absolute atomic E-state index is 0.381. The van der Waals surface area contributed by atoms with Gasteiger partial charge in [-0.3, -0.25) is 9.80 Å². The van der Waals surface area contributed by atoms with Crippen molar-refractivity contribution in [1.82, 2.24) is 9.88 Å². The van der Waals surface area contributed by atoms with Crippen molar-refractivity contribution in [2.75, 3.05) is 25.0 Å². The smallest absolute Gasteiger partial charge is 0.415 e. The molecule has 1 atom stereocenters. The summed E-state index contributed by atoms with van der Waals surface area (Å²) in [6, 6.07) is 4.46. The molecule has 0 N–H and O–H groups in total. The highest BCUT2D eigenvalue weighted by Gasteiger charge is 2.25. The van der Waals surface area contributed by atoms with Gasteiger partial charge < -0.3 is 4.74 Å². The number of pyridine rings is 1. The van der Waals surface area contributed by atoms with Crippen molar-refractivity contribution in [3.63, 3.8) is 0 Å². The number of amides is 1. The molecule has 1 fully saturated rings. The zero-order valence-electron chi connectivity index (χ0n) is 15.7. The summed E-state index contributed by atoms with van der Waals surface area (Å²) in [7, 11) is 1.69. The Labute approximate surface area is 146 Å². The molecule has 5 heteroatoms. The first kappa shape index (κ1) is 18.7. The molecular weight excluding hydrogens is 302 g/mol. The maximum Gasteiger partial charge on any atom is 0.415 e. The lowest BCUT2D eigenvalue weighted by molar-refractivity contribution is 0.0588. The fourth-order valence-electron chi connectivity index (χ4n) is 3.14. The molecule has 1 aromatic heterocycles. The quantitative estimate of drug-likeness (QED) is 0.820. The van der Waals surface area contributed by atoms with E-state index in [0.717, 1.165) is 13.1 Å². The van der Waals surface area contributed by atoms with Crippen LogP contribution < -0.4 is 4.90 Å². The van der Waals surface area contributed by atoms with Crippen molar-refractivity contribution in [1.29, 1.82) is 0 Å². The minimum atomic E-state index is -0.506. The lowest BCUT2D eigenvalue weighted by atomic mass is 9.96. The highest BCUT2D eigenvalue weighted by atomic mass is 16.6. The largest absolute Gasteiger partial charge is 0.443 e. The van der Waals surface area contributed by atoms with Crippen LogP contribution in [0, 0.1) is 0 Å². The molecule has 134 valence electrons. The molecule has 0 spiro atoms. The summed E-state index contributed by atoms with van der Waals surface area (Å²) in [6.07, 6.45) is 6.43. The molecule has 2 heterocycles. The van der Waals surface area contributed by atoms with Gasteiger partial charge in [-0.1, -0.05) is 19.4 Å². The van der Waals surface area contributed by atoms with Crippen LogP contribution in [0.3, 0.4) is 0 Å². The maximum atomic E-state index is 12.1. The molecule has 1 amide bonds. The highest BCUT2D eigenvalue weighted by Crippen LogP contribution is 2.31.